The third-order valence-corrected chi connectivity index (χ3v) is 4.17. The lowest BCUT2D eigenvalue weighted by atomic mass is 10.1. The first-order valence-electron chi connectivity index (χ1n) is 8.08. The Hall–Kier alpha value is -2.68. The van der Waals surface area contributed by atoms with E-state index in [1.165, 1.54) is 30.6 Å². The SMILES string of the molecule is CN1CCN(C(=O)c2cc(Nc3ccccc3C(F)(F)F)ncn2)CC1. The number of anilines is 2. The predicted octanol–water partition coefficient (Wildman–Crippen LogP) is 2.63. The highest BCUT2D eigenvalue weighted by molar-refractivity contribution is 5.93. The van der Waals surface area contributed by atoms with Crippen LogP contribution in [0.4, 0.5) is 24.7 Å². The molecule has 0 atom stereocenters. The highest BCUT2D eigenvalue weighted by atomic mass is 19.4. The molecule has 1 saturated heterocycles. The highest BCUT2D eigenvalue weighted by Gasteiger charge is 2.33. The summed E-state index contributed by atoms with van der Waals surface area (Å²) in [6.45, 7) is 2.69. The minimum atomic E-state index is -4.49. The van der Waals surface area contributed by atoms with E-state index < -0.39 is 11.7 Å². The Morgan fingerprint density at radius 3 is 2.50 bits per heavy atom. The van der Waals surface area contributed by atoms with Crippen molar-refractivity contribution in [2.75, 3.05) is 38.5 Å². The maximum absolute atomic E-state index is 13.1. The molecule has 0 saturated carbocycles. The number of aromatic nitrogens is 2. The van der Waals surface area contributed by atoms with Crippen LogP contribution < -0.4 is 5.32 Å². The molecule has 2 heterocycles. The molecule has 1 aromatic heterocycles. The van der Waals surface area contributed by atoms with Crippen molar-refractivity contribution in [3.63, 3.8) is 0 Å². The van der Waals surface area contributed by atoms with E-state index in [1.807, 2.05) is 7.05 Å². The van der Waals surface area contributed by atoms with E-state index in [4.69, 9.17) is 0 Å². The number of alkyl halides is 3. The van der Waals surface area contributed by atoms with E-state index in [0.29, 0.717) is 13.1 Å². The normalized spacial score (nSPS) is 15.8. The number of carbonyl (C=O) groups excluding carboxylic acids is 1. The molecule has 1 aromatic carbocycles. The minimum Gasteiger partial charge on any atom is -0.340 e. The average Bonchev–Trinajstić information content (AvgIpc) is 2.61. The Bertz CT molecular complexity index is 788. The molecule has 6 nitrogen and oxygen atoms in total. The lowest BCUT2D eigenvalue weighted by Gasteiger charge is -2.32. The molecule has 1 amide bonds. The number of amides is 1. The maximum Gasteiger partial charge on any atom is 0.418 e. The maximum atomic E-state index is 13.1. The number of rotatable bonds is 3. The van der Waals surface area contributed by atoms with Crippen LogP contribution in [-0.4, -0.2) is 58.9 Å². The van der Waals surface area contributed by atoms with Gasteiger partial charge in [0.1, 0.15) is 17.8 Å². The van der Waals surface area contributed by atoms with Crippen molar-refractivity contribution in [3.05, 3.63) is 47.9 Å². The zero-order valence-corrected chi connectivity index (χ0v) is 14.1. The van der Waals surface area contributed by atoms with E-state index >= 15 is 0 Å². The summed E-state index contributed by atoms with van der Waals surface area (Å²) in [7, 11) is 1.98. The van der Waals surface area contributed by atoms with Crippen LogP contribution in [-0.2, 0) is 6.18 Å². The number of halogens is 3. The van der Waals surface area contributed by atoms with Gasteiger partial charge in [0.05, 0.1) is 11.3 Å². The molecular weight excluding hydrogens is 347 g/mol. The number of hydrogen-bond donors (Lipinski definition) is 1. The van der Waals surface area contributed by atoms with Gasteiger partial charge in [-0.15, -0.1) is 0 Å². The molecule has 1 aliphatic heterocycles. The third kappa shape index (κ3) is 4.10. The number of likely N-dealkylation sites (N-methyl/N-ethyl adjacent to an activating group) is 1. The van der Waals surface area contributed by atoms with Gasteiger partial charge in [0, 0.05) is 32.2 Å². The van der Waals surface area contributed by atoms with Crippen molar-refractivity contribution in [1.29, 1.82) is 0 Å². The monoisotopic (exact) mass is 365 g/mol. The van der Waals surface area contributed by atoms with E-state index in [9.17, 15) is 18.0 Å². The molecule has 0 bridgehead atoms. The number of piperazine rings is 1. The van der Waals surface area contributed by atoms with Crippen LogP contribution >= 0.6 is 0 Å². The van der Waals surface area contributed by atoms with Gasteiger partial charge in [-0.05, 0) is 19.2 Å². The fourth-order valence-corrected chi connectivity index (χ4v) is 2.69. The van der Waals surface area contributed by atoms with Gasteiger partial charge in [-0.2, -0.15) is 13.2 Å². The fourth-order valence-electron chi connectivity index (χ4n) is 2.69. The van der Waals surface area contributed by atoms with Crippen molar-refractivity contribution >= 4 is 17.4 Å². The van der Waals surface area contributed by atoms with Crippen molar-refractivity contribution in [2.45, 2.75) is 6.18 Å². The summed E-state index contributed by atoms with van der Waals surface area (Å²) in [5, 5.41) is 2.63. The molecule has 9 heteroatoms. The molecule has 3 rings (SSSR count). The van der Waals surface area contributed by atoms with Gasteiger partial charge in [-0.25, -0.2) is 9.97 Å². The van der Waals surface area contributed by atoms with E-state index in [-0.39, 0.29) is 23.1 Å². The first kappa shape index (κ1) is 18.1. The molecule has 2 aromatic rings. The molecule has 138 valence electrons. The number of nitrogens with one attached hydrogen (secondary N) is 1. The Morgan fingerprint density at radius 2 is 1.81 bits per heavy atom. The summed E-state index contributed by atoms with van der Waals surface area (Å²) >= 11 is 0. The van der Waals surface area contributed by atoms with Crippen molar-refractivity contribution in [3.8, 4) is 0 Å². The molecule has 0 unspecified atom stereocenters. The van der Waals surface area contributed by atoms with Crippen LogP contribution in [0.3, 0.4) is 0 Å². The van der Waals surface area contributed by atoms with Gasteiger partial charge in [-0.3, -0.25) is 4.79 Å². The molecule has 0 spiro atoms. The van der Waals surface area contributed by atoms with E-state index in [2.05, 4.69) is 20.2 Å². The molecule has 1 N–H and O–H groups in total. The van der Waals surface area contributed by atoms with E-state index in [1.54, 1.807) is 4.90 Å². The highest BCUT2D eigenvalue weighted by Crippen LogP contribution is 2.35. The number of para-hydroxylation sites is 1. The first-order chi connectivity index (χ1) is 12.3. The first-order valence-corrected chi connectivity index (χ1v) is 8.08. The second kappa shape index (κ2) is 7.28. The van der Waals surface area contributed by atoms with Gasteiger partial charge < -0.3 is 15.1 Å². The summed E-state index contributed by atoms with van der Waals surface area (Å²) in [5.41, 5.74) is -0.779. The molecule has 1 fully saturated rings. The van der Waals surface area contributed by atoms with E-state index in [0.717, 1.165) is 19.2 Å². The third-order valence-electron chi connectivity index (χ3n) is 4.17. The predicted molar refractivity (Wildman–Crippen MR) is 90.2 cm³/mol. The molecule has 0 radical (unpaired) electrons. The largest absolute Gasteiger partial charge is 0.418 e. The van der Waals surface area contributed by atoms with Crippen LogP contribution in [0.1, 0.15) is 16.1 Å². The lowest BCUT2D eigenvalue weighted by molar-refractivity contribution is -0.136. The molecular formula is C17H18F3N5O. The molecule has 26 heavy (non-hydrogen) atoms. The summed E-state index contributed by atoms with van der Waals surface area (Å²) in [6.07, 6.45) is -3.32. The minimum absolute atomic E-state index is 0.128. The van der Waals surface area contributed by atoms with Crippen molar-refractivity contribution < 1.29 is 18.0 Å². The topological polar surface area (TPSA) is 61.4 Å². The quantitative estimate of drug-likeness (QED) is 0.906. The van der Waals surface area contributed by atoms with Gasteiger partial charge >= 0.3 is 6.18 Å². The number of hydrogen-bond acceptors (Lipinski definition) is 5. The van der Waals surface area contributed by atoms with Gasteiger partial charge in [-0.1, -0.05) is 12.1 Å². The fraction of sp³-hybridized carbons (Fsp3) is 0.353. The zero-order chi connectivity index (χ0) is 18.7. The number of nitrogens with zero attached hydrogens (tertiary/aromatic N) is 4. The van der Waals surface area contributed by atoms with Crippen molar-refractivity contribution in [2.24, 2.45) is 0 Å². The molecule has 1 aliphatic rings. The number of carbonyl (C=O) groups is 1. The van der Waals surface area contributed by atoms with Crippen LogP contribution in [0.5, 0.6) is 0 Å². The summed E-state index contributed by atoms with van der Waals surface area (Å²) in [5.74, 6) is -0.123. The summed E-state index contributed by atoms with van der Waals surface area (Å²) < 4.78 is 39.3. The Balaban J connectivity index is 1.79. The standard InChI is InChI=1S/C17H18F3N5O/c1-24-6-8-25(9-7-24)16(26)14-10-15(22-11-21-14)23-13-5-3-2-4-12(13)17(18,19)20/h2-5,10-11H,6-9H2,1H3,(H,21,22,23). The van der Waals surface area contributed by atoms with Crippen LogP contribution in [0.15, 0.2) is 36.7 Å². The average molecular weight is 365 g/mol. The summed E-state index contributed by atoms with van der Waals surface area (Å²) in [4.78, 5) is 24.2. The lowest BCUT2D eigenvalue weighted by Crippen LogP contribution is -2.47. The Labute approximate surface area is 148 Å². The number of benzene rings is 1. The Kier molecular flexibility index (Phi) is 5.08. The van der Waals surface area contributed by atoms with Gasteiger partial charge in [0.2, 0.25) is 0 Å². The summed E-state index contributed by atoms with van der Waals surface area (Å²) in [6, 6.07) is 6.48. The second-order valence-electron chi connectivity index (χ2n) is 6.05. The zero-order valence-electron chi connectivity index (χ0n) is 14.1. The van der Waals surface area contributed by atoms with Gasteiger partial charge in [0.25, 0.3) is 5.91 Å². The second-order valence-corrected chi connectivity index (χ2v) is 6.05. The molecule has 0 aliphatic carbocycles. The van der Waals surface area contributed by atoms with Crippen molar-refractivity contribution in [1.82, 2.24) is 19.8 Å². The van der Waals surface area contributed by atoms with Gasteiger partial charge in [0.15, 0.2) is 0 Å². The van der Waals surface area contributed by atoms with Crippen LogP contribution in [0.25, 0.3) is 0 Å². The smallest absolute Gasteiger partial charge is 0.340 e. The Morgan fingerprint density at radius 1 is 1.12 bits per heavy atom. The van der Waals surface area contributed by atoms with Crippen LogP contribution in [0, 0.1) is 0 Å². The van der Waals surface area contributed by atoms with Crippen LogP contribution in [0.2, 0.25) is 0 Å².